The van der Waals surface area contributed by atoms with Gasteiger partial charge in [0.25, 0.3) is 5.91 Å². The SMILES string of the molecule is C=C1CCN(C(=O)c2cc(C)n(-c3ccc(OC)cc3)c2C)CC1. The van der Waals surface area contributed by atoms with Gasteiger partial charge in [0.2, 0.25) is 0 Å². The lowest BCUT2D eigenvalue weighted by molar-refractivity contribution is 0.0743. The molecule has 0 saturated carbocycles. The number of piperidine rings is 1. The maximum Gasteiger partial charge on any atom is 0.255 e. The molecular weight excluding hydrogens is 300 g/mol. The lowest BCUT2D eigenvalue weighted by atomic mass is 10.0. The number of rotatable bonds is 3. The molecule has 126 valence electrons. The smallest absolute Gasteiger partial charge is 0.255 e. The zero-order valence-corrected chi connectivity index (χ0v) is 14.6. The zero-order valence-electron chi connectivity index (χ0n) is 14.6. The molecule has 0 bridgehead atoms. The highest BCUT2D eigenvalue weighted by Gasteiger charge is 2.23. The summed E-state index contributed by atoms with van der Waals surface area (Å²) in [7, 11) is 1.66. The molecule has 1 saturated heterocycles. The topological polar surface area (TPSA) is 34.5 Å². The van der Waals surface area contributed by atoms with Crippen molar-refractivity contribution in [2.75, 3.05) is 20.2 Å². The number of benzene rings is 1. The predicted molar refractivity (Wildman–Crippen MR) is 96.1 cm³/mol. The molecule has 3 rings (SSSR count). The molecule has 2 aromatic rings. The van der Waals surface area contributed by atoms with Crippen LogP contribution in [0.15, 0.2) is 42.5 Å². The van der Waals surface area contributed by atoms with E-state index in [4.69, 9.17) is 4.74 Å². The van der Waals surface area contributed by atoms with Gasteiger partial charge in [-0.3, -0.25) is 4.79 Å². The van der Waals surface area contributed by atoms with Gasteiger partial charge in [0.15, 0.2) is 0 Å². The molecule has 0 N–H and O–H groups in total. The Morgan fingerprint density at radius 2 is 1.75 bits per heavy atom. The molecular formula is C20H24N2O2. The largest absolute Gasteiger partial charge is 0.497 e. The summed E-state index contributed by atoms with van der Waals surface area (Å²) in [6.45, 7) is 9.59. The van der Waals surface area contributed by atoms with Gasteiger partial charge in [-0.25, -0.2) is 0 Å². The van der Waals surface area contributed by atoms with Crippen LogP contribution in [0.3, 0.4) is 0 Å². The van der Waals surface area contributed by atoms with Crippen molar-refractivity contribution < 1.29 is 9.53 Å². The van der Waals surface area contributed by atoms with E-state index in [1.807, 2.05) is 49.1 Å². The van der Waals surface area contributed by atoms with Crippen LogP contribution in [-0.4, -0.2) is 35.6 Å². The second-order valence-electron chi connectivity index (χ2n) is 6.36. The van der Waals surface area contributed by atoms with Crippen LogP contribution < -0.4 is 4.74 Å². The third-order valence-corrected chi connectivity index (χ3v) is 4.75. The third kappa shape index (κ3) is 2.96. The summed E-state index contributed by atoms with van der Waals surface area (Å²) >= 11 is 0. The Labute approximate surface area is 143 Å². The fourth-order valence-corrected chi connectivity index (χ4v) is 3.30. The van der Waals surface area contributed by atoms with E-state index in [0.29, 0.717) is 0 Å². The number of aromatic nitrogens is 1. The Hall–Kier alpha value is -2.49. The van der Waals surface area contributed by atoms with E-state index >= 15 is 0 Å². The number of carbonyl (C=O) groups excluding carboxylic acids is 1. The fraction of sp³-hybridized carbons (Fsp3) is 0.350. The van der Waals surface area contributed by atoms with Crippen LogP contribution >= 0.6 is 0 Å². The van der Waals surface area contributed by atoms with E-state index < -0.39 is 0 Å². The number of nitrogens with zero attached hydrogens (tertiary/aromatic N) is 2. The van der Waals surface area contributed by atoms with Crippen LogP contribution in [-0.2, 0) is 0 Å². The Balaban J connectivity index is 1.91. The lowest BCUT2D eigenvalue weighted by Crippen LogP contribution is -2.36. The lowest BCUT2D eigenvalue weighted by Gasteiger charge is -2.28. The van der Waals surface area contributed by atoms with E-state index in [-0.39, 0.29) is 5.91 Å². The predicted octanol–water partition coefficient (Wildman–Crippen LogP) is 3.89. The second kappa shape index (κ2) is 6.56. The summed E-state index contributed by atoms with van der Waals surface area (Å²) in [6.07, 6.45) is 1.81. The van der Waals surface area contributed by atoms with Crippen molar-refractivity contribution in [1.29, 1.82) is 0 Å². The van der Waals surface area contributed by atoms with Crippen molar-refractivity contribution in [3.8, 4) is 11.4 Å². The molecule has 1 amide bonds. The van der Waals surface area contributed by atoms with Crippen LogP contribution in [0.4, 0.5) is 0 Å². The number of hydrogen-bond acceptors (Lipinski definition) is 2. The summed E-state index contributed by atoms with van der Waals surface area (Å²) in [6, 6.07) is 9.89. The number of hydrogen-bond donors (Lipinski definition) is 0. The summed E-state index contributed by atoms with van der Waals surface area (Å²) in [5.41, 5.74) is 5.10. The molecule has 4 nitrogen and oxygen atoms in total. The van der Waals surface area contributed by atoms with Crippen LogP contribution in [0.2, 0.25) is 0 Å². The van der Waals surface area contributed by atoms with Crippen molar-refractivity contribution in [1.82, 2.24) is 9.47 Å². The Morgan fingerprint density at radius 3 is 2.33 bits per heavy atom. The maximum absolute atomic E-state index is 12.9. The molecule has 24 heavy (non-hydrogen) atoms. The normalized spacial score (nSPS) is 14.8. The highest BCUT2D eigenvalue weighted by Crippen LogP contribution is 2.25. The quantitative estimate of drug-likeness (QED) is 0.803. The molecule has 1 fully saturated rings. The molecule has 2 heterocycles. The van der Waals surface area contributed by atoms with E-state index in [2.05, 4.69) is 11.1 Å². The highest BCUT2D eigenvalue weighted by atomic mass is 16.5. The van der Waals surface area contributed by atoms with E-state index in [0.717, 1.165) is 54.3 Å². The minimum atomic E-state index is 0.121. The van der Waals surface area contributed by atoms with Crippen LogP contribution in [0, 0.1) is 13.8 Å². The first kappa shape index (κ1) is 16.4. The van der Waals surface area contributed by atoms with Crippen molar-refractivity contribution in [2.45, 2.75) is 26.7 Å². The number of methoxy groups -OCH3 is 1. The molecule has 1 aliphatic rings. The summed E-state index contributed by atoms with van der Waals surface area (Å²) < 4.78 is 7.34. The number of amides is 1. The van der Waals surface area contributed by atoms with Gasteiger partial charge in [-0.05, 0) is 57.0 Å². The van der Waals surface area contributed by atoms with Crippen LogP contribution in [0.1, 0.15) is 34.6 Å². The van der Waals surface area contributed by atoms with Crippen molar-refractivity contribution in [3.05, 3.63) is 59.4 Å². The monoisotopic (exact) mass is 324 g/mol. The Kier molecular flexibility index (Phi) is 4.47. The van der Waals surface area contributed by atoms with Gasteiger partial charge in [-0.1, -0.05) is 12.2 Å². The average Bonchev–Trinajstić information content (AvgIpc) is 2.89. The maximum atomic E-state index is 12.9. The van der Waals surface area contributed by atoms with Crippen molar-refractivity contribution in [3.63, 3.8) is 0 Å². The minimum Gasteiger partial charge on any atom is -0.497 e. The minimum absolute atomic E-state index is 0.121. The van der Waals surface area contributed by atoms with E-state index in [1.54, 1.807) is 7.11 Å². The highest BCUT2D eigenvalue weighted by molar-refractivity contribution is 5.96. The van der Waals surface area contributed by atoms with Crippen molar-refractivity contribution >= 4 is 5.91 Å². The molecule has 0 aliphatic carbocycles. The molecule has 0 spiro atoms. The summed E-state index contributed by atoms with van der Waals surface area (Å²) in [5.74, 6) is 0.946. The first-order valence-electron chi connectivity index (χ1n) is 8.30. The number of aryl methyl sites for hydroxylation is 1. The number of likely N-dealkylation sites (tertiary alicyclic amines) is 1. The van der Waals surface area contributed by atoms with Gasteiger partial charge >= 0.3 is 0 Å². The first-order valence-corrected chi connectivity index (χ1v) is 8.30. The molecule has 1 aromatic carbocycles. The molecule has 0 radical (unpaired) electrons. The molecule has 0 unspecified atom stereocenters. The summed E-state index contributed by atoms with van der Waals surface area (Å²) in [5, 5.41) is 0. The zero-order chi connectivity index (χ0) is 17.3. The van der Waals surface area contributed by atoms with Gasteiger partial charge in [0.05, 0.1) is 12.7 Å². The molecule has 4 heteroatoms. The fourth-order valence-electron chi connectivity index (χ4n) is 3.30. The summed E-state index contributed by atoms with van der Waals surface area (Å²) in [4.78, 5) is 14.8. The average molecular weight is 324 g/mol. The van der Waals surface area contributed by atoms with Gasteiger partial charge in [-0.2, -0.15) is 0 Å². The van der Waals surface area contributed by atoms with Gasteiger partial charge in [-0.15, -0.1) is 0 Å². The van der Waals surface area contributed by atoms with Crippen LogP contribution in [0.25, 0.3) is 5.69 Å². The molecule has 1 aliphatic heterocycles. The Morgan fingerprint density at radius 1 is 1.12 bits per heavy atom. The molecule has 0 atom stereocenters. The van der Waals surface area contributed by atoms with Crippen molar-refractivity contribution in [2.24, 2.45) is 0 Å². The standard InChI is InChI=1S/C20H24N2O2/c1-14-9-11-21(12-10-14)20(23)19-13-15(2)22(16(19)3)17-5-7-18(24-4)8-6-17/h5-8,13H,1,9-12H2,2-4H3. The van der Waals surface area contributed by atoms with Gasteiger partial charge in [0.1, 0.15) is 5.75 Å². The molecule has 1 aromatic heterocycles. The number of ether oxygens (including phenoxy) is 1. The van der Waals surface area contributed by atoms with Crippen LogP contribution in [0.5, 0.6) is 5.75 Å². The van der Waals surface area contributed by atoms with Gasteiger partial charge < -0.3 is 14.2 Å². The van der Waals surface area contributed by atoms with E-state index in [9.17, 15) is 4.79 Å². The second-order valence-corrected chi connectivity index (χ2v) is 6.36. The van der Waals surface area contributed by atoms with Gasteiger partial charge in [0, 0.05) is 30.2 Å². The Bertz CT molecular complexity index is 762. The number of carbonyl (C=O) groups is 1. The van der Waals surface area contributed by atoms with E-state index in [1.165, 1.54) is 5.57 Å². The first-order chi connectivity index (χ1) is 11.5. The third-order valence-electron chi connectivity index (χ3n) is 4.75.